The zero-order chi connectivity index (χ0) is 26.2. The van der Waals surface area contributed by atoms with Gasteiger partial charge in [-0.05, 0) is 69.2 Å². The summed E-state index contributed by atoms with van der Waals surface area (Å²) in [6, 6.07) is 12.5. The number of hydrogen-bond donors (Lipinski definition) is 1. The van der Waals surface area contributed by atoms with E-state index in [1.807, 2.05) is 20.8 Å². The third-order valence-corrected chi connectivity index (χ3v) is 6.90. The fourth-order valence-corrected chi connectivity index (χ4v) is 4.43. The lowest BCUT2D eigenvalue weighted by Crippen LogP contribution is -2.52. The highest BCUT2D eigenvalue weighted by molar-refractivity contribution is 7.92. The summed E-state index contributed by atoms with van der Waals surface area (Å²) in [5.74, 6) is -0.244. The normalized spacial score (nSPS) is 13.0. The van der Waals surface area contributed by atoms with Crippen molar-refractivity contribution in [2.24, 2.45) is 0 Å². The van der Waals surface area contributed by atoms with Gasteiger partial charge in [-0.15, -0.1) is 0 Å². The summed E-state index contributed by atoms with van der Waals surface area (Å²) in [4.78, 5) is 27.8. The highest BCUT2D eigenvalue weighted by Gasteiger charge is 2.30. The Hall–Kier alpha value is -2.78. The predicted molar refractivity (Wildman–Crippen MR) is 139 cm³/mol. The van der Waals surface area contributed by atoms with E-state index in [-0.39, 0.29) is 18.5 Å². The molecule has 2 unspecified atom stereocenters. The number of benzene rings is 2. The van der Waals surface area contributed by atoms with Gasteiger partial charge in [0.25, 0.3) is 0 Å². The molecule has 2 rings (SSSR count). The number of rotatable bonds is 12. The van der Waals surface area contributed by atoms with E-state index in [4.69, 9.17) is 16.3 Å². The molecule has 0 aliphatic carbocycles. The molecule has 0 saturated carbocycles. The topological polar surface area (TPSA) is 96.0 Å². The molecule has 192 valence electrons. The maximum absolute atomic E-state index is 13.5. The summed E-state index contributed by atoms with van der Waals surface area (Å²) < 4.78 is 31.7. The molecule has 2 aromatic rings. The standard InChI is InChI=1S/C25H34ClN3O5S/c1-6-18(3)27-25(31)19(4)28(16-20-9-8-10-21(26)15-20)24(30)17-29(35(5,32)33)22-11-13-23(14-12-22)34-7-2/h8-15,18-19H,6-7,16-17H2,1-5H3,(H,27,31). The van der Waals surface area contributed by atoms with Crippen LogP contribution < -0.4 is 14.4 Å². The molecule has 0 fully saturated rings. The van der Waals surface area contributed by atoms with E-state index in [1.54, 1.807) is 55.5 Å². The van der Waals surface area contributed by atoms with E-state index < -0.39 is 28.5 Å². The summed E-state index contributed by atoms with van der Waals surface area (Å²) in [6.45, 7) is 7.41. The molecule has 1 N–H and O–H groups in total. The molecule has 0 aliphatic rings. The number of nitrogens with one attached hydrogen (secondary N) is 1. The number of anilines is 1. The van der Waals surface area contributed by atoms with Crippen molar-refractivity contribution in [3.63, 3.8) is 0 Å². The number of sulfonamides is 1. The number of carbonyl (C=O) groups is 2. The van der Waals surface area contributed by atoms with Gasteiger partial charge in [0.1, 0.15) is 18.3 Å². The Labute approximate surface area is 213 Å². The van der Waals surface area contributed by atoms with E-state index in [1.165, 1.54) is 4.90 Å². The first kappa shape index (κ1) is 28.5. The van der Waals surface area contributed by atoms with Crippen molar-refractivity contribution < 1.29 is 22.7 Å². The van der Waals surface area contributed by atoms with Crippen molar-refractivity contribution in [1.29, 1.82) is 0 Å². The minimum absolute atomic E-state index is 0.0653. The van der Waals surface area contributed by atoms with Crippen LogP contribution in [0.4, 0.5) is 5.69 Å². The van der Waals surface area contributed by atoms with Gasteiger partial charge in [0.05, 0.1) is 18.6 Å². The van der Waals surface area contributed by atoms with Crippen molar-refractivity contribution in [2.75, 3.05) is 23.7 Å². The van der Waals surface area contributed by atoms with Crippen LogP contribution in [-0.4, -0.2) is 56.6 Å². The van der Waals surface area contributed by atoms with Gasteiger partial charge in [0, 0.05) is 17.6 Å². The van der Waals surface area contributed by atoms with E-state index in [0.29, 0.717) is 23.1 Å². The Kier molecular flexibility index (Phi) is 10.4. The molecular formula is C25H34ClN3O5S. The summed E-state index contributed by atoms with van der Waals surface area (Å²) >= 11 is 6.12. The number of ether oxygens (including phenoxy) is 1. The molecule has 2 aromatic carbocycles. The first-order valence-electron chi connectivity index (χ1n) is 11.5. The molecule has 0 radical (unpaired) electrons. The molecule has 2 atom stereocenters. The lowest BCUT2D eigenvalue weighted by atomic mass is 10.1. The smallest absolute Gasteiger partial charge is 0.244 e. The van der Waals surface area contributed by atoms with Crippen LogP contribution in [0.1, 0.15) is 39.7 Å². The predicted octanol–water partition coefficient (Wildman–Crippen LogP) is 3.84. The number of carbonyl (C=O) groups excluding carboxylic acids is 2. The Morgan fingerprint density at radius 2 is 1.74 bits per heavy atom. The fourth-order valence-electron chi connectivity index (χ4n) is 3.37. The van der Waals surface area contributed by atoms with Gasteiger partial charge in [-0.1, -0.05) is 30.7 Å². The molecule has 35 heavy (non-hydrogen) atoms. The number of halogens is 1. The second kappa shape index (κ2) is 12.8. The van der Waals surface area contributed by atoms with Crippen molar-refractivity contribution in [1.82, 2.24) is 10.2 Å². The fraction of sp³-hybridized carbons (Fsp3) is 0.440. The van der Waals surface area contributed by atoms with Crippen LogP contribution in [0.2, 0.25) is 5.02 Å². The third kappa shape index (κ3) is 8.43. The molecule has 0 heterocycles. The molecule has 0 aromatic heterocycles. The molecule has 2 amide bonds. The van der Waals surface area contributed by atoms with Crippen molar-refractivity contribution in [2.45, 2.75) is 52.7 Å². The van der Waals surface area contributed by atoms with E-state index >= 15 is 0 Å². The quantitative estimate of drug-likeness (QED) is 0.456. The third-order valence-electron chi connectivity index (χ3n) is 5.53. The largest absolute Gasteiger partial charge is 0.494 e. The summed E-state index contributed by atoms with van der Waals surface area (Å²) in [7, 11) is -3.80. The van der Waals surface area contributed by atoms with Crippen LogP contribution in [-0.2, 0) is 26.2 Å². The monoisotopic (exact) mass is 523 g/mol. The van der Waals surface area contributed by atoms with Crippen molar-refractivity contribution in [3.05, 3.63) is 59.1 Å². The van der Waals surface area contributed by atoms with Gasteiger partial charge >= 0.3 is 0 Å². The number of amides is 2. The Bertz CT molecular complexity index is 1110. The lowest BCUT2D eigenvalue weighted by molar-refractivity contribution is -0.139. The Morgan fingerprint density at radius 1 is 1.09 bits per heavy atom. The zero-order valence-electron chi connectivity index (χ0n) is 20.8. The summed E-state index contributed by atoms with van der Waals surface area (Å²) in [6.07, 6.45) is 1.78. The average Bonchev–Trinajstić information content (AvgIpc) is 2.80. The Balaban J connectivity index is 2.36. The maximum Gasteiger partial charge on any atom is 0.244 e. The SMILES string of the molecule is CCOc1ccc(N(CC(=O)N(Cc2cccc(Cl)c2)C(C)C(=O)NC(C)CC)S(C)(=O)=O)cc1. The minimum Gasteiger partial charge on any atom is -0.494 e. The van der Waals surface area contributed by atoms with Gasteiger partial charge in [-0.2, -0.15) is 0 Å². The molecule has 0 spiro atoms. The number of nitrogens with zero attached hydrogens (tertiary/aromatic N) is 2. The highest BCUT2D eigenvalue weighted by Crippen LogP contribution is 2.23. The van der Waals surface area contributed by atoms with E-state index in [9.17, 15) is 18.0 Å². The summed E-state index contributed by atoms with van der Waals surface area (Å²) in [5, 5.41) is 3.39. The van der Waals surface area contributed by atoms with Crippen LogP contribution in [0.15, 0.2) is 48.5 Å². The Morgan fingerprint density at radius 3 is 2.29 bits per heavy atom. The van der Waals surface area contributed by atoms with E-state index in [2.05, 4.69) is 5.32 Å². The average molecular weight is 524 g/mol. The first-order chi connectivity index (χ1) is 16.5. The lowest BCUT2D eigenvalue weighted by Gasteiger charge is -2.32. The molecule has 10 heteroatoms. The van der Waals surface area contributed by atoms with Gasteiger partial charge < -0.3 is 15.0 Å². The highest BCUT2D eigenvalue weighted by atomic mass is 35.5. The van der Waals surface area contributed by atoms with Crippen molar-refractivity contribution in [3.8, 4) is 5.75 Å². The van der Waals surface area contributed by atoms with Gasteiger partial charge in [0.15, 0.2) is 0 Å². The zero-order valence-corrected chi connectivity index (χ0v) is 22.4. The van der Waals surface area contributed by atoms with Crippen LogP contribution >= 0.6 is 11.6 Å². The molecule has 0 saturated heterocycles. The number of hydrogen-bond acceptors (Lipinski definition) is 5. The van der Waals surface area contributed by atoms with Crippen LogP contribution in [0.3, 0.4) is 0 Å². The van der Waals surface area contributed by atoms with Crippen LogP contribution in [0.5, 0.6) is 5.75 Å². The van der Waals surface area contributed by atoms with Crippen LogP contribution in [0, 0.1) is 0 Å². The minimum atomic E-state index is -3.80. The second-order valence-corrected chi connectivity index (χ2v) is 10.7. The van der Waals surface area contributed by atoms with E-state index in [0.717, 1.165) is 22.5 Å². The second-order valence-electron chi connectivity index (χ2n) is 8.34. The van der Waals surface area contributed by atoms with Crippen molar-refractivity contribution >= 4 is 39.1 Å². The summed E-state index contributed by atoms with van der Waals surface area (Å²) in [5.41, 5.74) is 1.05. The van der Waals surface area contributed by atoms with Gasteiger partial charge in [-0.25, -0.2) is 8.42 Å². The molecule has 8 nitrogen and oxygen atoms in total. The maximum atomic E-state index is 13.5. The van der Waals surface area contributed by atoms with Gasteiger partial charge in [-0.3, -0.25) is 13.9 Å². The molecular weight excluding hydrogens is 490 g/mol. The molecule has 0 aliphatic heterocycles. The molecule has 0 bridgehead atoms. The van der Waals surface area contributed by atoms with Crippen LogP contribution in [0.25, 0.3) is 0 Å². The first-order valence-corrected chi connectivity index (χ1v) is 13.7. The van der Waals surface area contributed by atoms with Gasteiger partial charge in [0.2, 0.25) is 21.8 Å².